The van der Waals surface area contributed by atoms with E-state index in [1.165, 1.54) is 12.1 Å². The zero-order valence-electron chi connectivity index (χ0n) is 12.7. The SMILES string of the molecule is CCOC(=O)C(NS(=O)(=O)c1ccc(C)cc1)[C@H]1CCOC1. The molecule has 2 rings (SSSR count). The van der Waals surface area contributed by atoms with Crippen LogP contribution in [0.2, 0.25) is 0 Å². The van der Waals surface area contributed by atoms with Gasteiger partial charge in [0.05, 0.1) is 18.1 Å². The number of benzene rings is 1. The zero-order valence-corrected chi connectivity index (χ0v) is 13.6. The highest BCUT2D eigenvalue weighted by Gasteiger charge is 2.36. The second-order valence-corrected chi connectivity index (χ2v) is 7.00. The molecule has 1 N–H and O–H groups in total. The van der Waals surface area contributed by atoms with Crippen LogP contribution in [0, 0.1) is 12.8 Å². The Morgan fingerprint density at radius 2 is 2.09 bits per heavy atom. The van der Waals surface area contributed by atoms with E-state index in [0.29, 0.717) is 19.6 Å². The number of carbonyl (C=O) groups is 1. The highest BCUT2D eigenvalue weighted by Crippen LogP contribution is 2.20. The van der Waals surface area contributed by atoms with Gasteiger partial charge in [0.15, 0.2) is 0 Å². The number of carbonyl (C=O) groups excluding carboxylic acids is 1. The van der Waals surface area contributed by atoms with E-state index in [-0.39, 0.29) is 17.4 Å². The van der Waals surface area contributed by atoms with Crippen LogP contribution in [-0.4, -0.2) is 40.2 Å². The summed E-state index contributed by atoms with van der Waals surface area (Å²) in [5, 5.41) is 0. The van der Waals surface area contributed by atoms with Crippen LogP contribution < -0.4 is 4.72 Å². The first kappa shape index (κ1) is 16.9. The fourth-order valence-corrected chi connectivity index (χ4v) is 3.59. The number of ether oxygens (including phenoxy) is 2. The summed E-state index contributed by atoms with van der Waals surface area (Å²) in [5.74, 6) is -0.770. The third kappa shape index (κ3) is 4.06. The fourth-order valence-electron chi connectivity index (χ4n) is 2.34. The molecule has 22 heavy (non-hydrogen) atoms. The summed E-state index contributed by atoms with van der Waals surface area (Å²) in [7, 11) is -3.78. The van der Waals surface area contributed by atoms with Crippen LogP contribution in [0.4, 0.5) is 0 Å². The minimum absolute atomic E-state index is 0.131. The van der Waals surface area contributed by atoms with Crippen molar-refractivity contribution in [1.82, 2.24) is 4.72 Å². The summed E-state index contributed by atoms with van der Waals surface area (Å²) in [6.45, 7) is 4.64. The quantitative estimate of drug-likeness (QED) is 0.795. The average Bonchev–Trinajstić information content (AvgIpc) is 2.99. The van der Waals surface area contributed by atoms with Crippen LogP contribution in [0.25, 0.3) is 0 Å². The maximum atomic E-state index is 12.5. The average molecular weight is 327 g/mol. The van der Waals surface area contributed by atoms with Gasteiger partial charge in [-0.05, 0) is 32.4 Å². The van der Waals surface area contributed by atoms with E-state index in [2.05, 4.69) is 4.72 Å². The molecule has 1 unspecified atom stereocenters. The van der Waals surface area contributed by atoms with Gasteiger partial charge in [0.2, 0.25) is 10.0 Å². The summed E-state index contributed by atoms with van der Waals surface area (Å²) in [6, 6.07) is 5.55. The molecule has 0 aliphatic carbocycles. The summed E-state index contributed by atoms with van der Waals surface area (Å²) in [6.07, 6.45) is 0.625. The van der Waals surface area contributed by atoms with Gasteiger partial charge < -0.3 is 9.47 Å². The highest BCUT2D eigenvalue weighted by molar-refractivity contribution is 7.89. The van der Waals surface area contributed by atoms with Crippen molar-refractivity contribution in [1.29, 1.82) is 0 Å². The molecule has 1 fully saturated rings. The summed E-state index contributed by atoms with van der Waals surface area (Å²) in [4.78, 5) is 12.2. The first-order valence-corrected chi connectivity index (χ1v) is 8.75. The summed E-state index contributed by atoms with van der Waals surface area (Å²) in [5.41, 5.74) is 0.963. The van der Waals surface area contributed by atoms with E-state index in [9.17, 15) is 13.2 Å². The van der Waals surface area contributed by atoms with Crippen molar-refractivity contribution in [3.05, 3.63) is 29.8 Å². The largest absolute Gasteiger partial charge is 0.465 e. The minimum Gasteiger partial charge on any atom is -0.465 e. The Labute approximate surface area is 130 Å². The molecule has 0 spiro atoms. The monoisotopic (exact) mass is 327 g/mol. The van der Waals surface area contributed by atoms with Crippen molar-refractivity contribution in [2.24, 2.45) is 5.92 Å². The third-order valence-corrected chi connectivity index (χ3v) is 5.05. The van der Waals surface area contributed by atoms with Crippen molar-refractivity contribution in [2.75, 3.05) is 19.8 Å². The normalized spacial score (nSPS) is 19.8. The van der Waals surface area contributed by atoms with Gasteiger partial charge in [-0.2, -0.15) is 4.72 Å². The standard InChI is InChI=1S/C15H21NO5S/c1-3-21-15(17)14(12-8-9-20-10-12)16-22(18,19)13-6-4-11(2)5-7-13/h4-7,12,14,16H,3,8-10H2,1-2H3/t12-,14?/m0/s1. The molecule has 0 bridgehead atoms. The van der Waals surface area contributed by atoms with E-state index in [1.807, 2.05) is 6.92 Å². The lowest BCUT2D eigenvalue weighted by Crippen LogP contribution is -2.47. The lowest BCUT2D eigenvalue weighted by atomic mass is 10.0. The van der Waals surface area contributed by atoms with Gasteiger partial charge >= 0.3 is 5.97 Å². The maximum absolute atomic E-state index is 12.5. The molecule has 1 aliphatic rings. The van der Waals surface area contributed by atoms with E-state index >= 15 is 0 Å². The van der Waals surface area contributed by atoms with Gasteiger partial charge in [-0.25, -0.2) is 8.42 Å². The number of rotatable bonds is 6. The topological polar surface area (TPSA) is 81.7 Å². The molecule has 0 radical (unpaired) electrons. The van der Waals surface area contributed by atoms with Crippen molar-refractivity contribution in [3.8, 4) is 0 Å². The molecule has 0 saturated carbocycles. The molecule has 1 aromatic rings. The van der Waals surface area contributed by atoms with Crippen LogP contribution in [0.5, 0.6) is 0 Å². The van der Waals surface area contributed by atoms with E-state index in [4.69, 9.17) is 9.47 Å². The van der Waals surface area contributed by atoms with Crippen LogP contribution in [0.3, 0.4) is 0 Å². The van der Waals surface area contributed by atoms with Crippen LogP contribution in [-0.2, 0) is 24.3 Å². The highest BCUT2D eigenvalue weighted by atomic mass is 32.2. The fraction of sp³-hybridized carbons (Fsp3) is 0.533. The summed E-state index contributed by atoms with van der Waals surface area (Å²) >= 11 is 0. The predicted octanol–water partition coefficient (Wildman–Crippen LogP) is 1.24. The Kier molecular flexibility index (Phi) is 5.55. The molecule has 1 saturated heterocycles. The van der Waals surface area contributed by atoms with E-state index in [1.54, 1.807) is 19.1 Å². The van der Waals surface area contributed by atoms with Crippen LogP contribution >= 0.6 is 0 Å². The maximum Gasteiger partial charge on any atom is 0.324 e. The van der Waals surface area contributed by atoms with E-state index in [0.717, 1.165) is 5.56 Å². The number of aryl methyl sites for hydroxylation is 1. The smallest absolute Gasteiger partial charge is 0.324 e. The summed E-state index contributed by atoms with van der Waals surface area (Å²) < 4.78 is 37.6. The van der Waals surface area contributed by atoms with Crippen molar-refractivity contribution >= 4 is 16.0 Å². The molecule has 6 nitrogen and oxygen atoms in total. The molecule has 1 aromatic carbocycles. The van der Waals surface area contributed by atoms with Crippen molar-refractivity contribution < 1.29 is 22.7 Å². The number of hydrogen-bond acceptors (Lipinski definition) is 5. The zero-order chi connectivity index (χ0) is 16.2. The second kappa shape index (κ2) is 7.21. The second-order valence-electron chi connectivity index (χ2n) is 5.29. The van der Waals surface area contributed by atoms with Gasteiger partial charge in [-0.3, -0.25) is 4.79 Å². The van der Waals surface area contributed by atoms with Gasteiger partial charge in [0.25, 0.3) is 0 Å². The van der Waals surface area contributed by atoms with Gasteiger partial charge in [-0.15, -0.1) is 0 Å². The number of hydrogen-bond donors (Lipinski definition) is 1. The Bertz CT molecular complexity index is 605. The van der Waals surface area contributed by atoms with Gasteiger partial charge in [0, 0.05) is 12.5 Å². The van der Waals surface area contributed by atoms with Crippen molar-refractivity contribution in [2.45, 2.75) is 31.2 Å². The van der Waals surface area contributed by atoms with E-state index < -0.39 is 22.0 Å². The lowest BCUT2D eigenvalue weighted by Gasteiger charge is -2.21. The van der Waals surface area contributed by atoms with Gasteiger partial charge in [-0.1, -0.05) is 17.7 Å². The van der Waals surface area contributed by atoms with Gasteiger partial charge in [0.1, 0.15) is 6.04 Å². The Morgan fingerprint density at radius 3 is 2.64 bits per heavy atom. The number of nitrogens with one attached hydrogen (secondary N) is 1. The van der Waals surface area contributed by atoms with Crippen molar-refractivity contribution in [3.63, 3.8) is 0 Å². The molecular formula is C15H21NO5S. The van der Waals surface area contributed by atoms with Crippen LogP contribution in [0.15, 0.2) is 29.2 Å². The Morgan fingerprint density at radius 1 is 1.41 bits per heavy atom. The third-order valence-electron chi connectivity index (χ3n) is 3.59. The Hall–Kier alpha value is -1.44. The number of esters is 1. The number of sulfonamides is 1. The lowest BCUT2D eigenvalue weighted by molar-refractivity contribution is -0.146. The molecule has 0 aromatic heterocycles. The first-order chi connectivity index (χ1) is 10.4. The molecule has 0 amide bonds. The predicted molar refractivity (Wildman–Crippen MR) is 80.8 cm³/mol. The molecule has 2 atom stereocenters. The molecule has 1 heterocycles. The van der Waals surface area contributed by atoms with Crippen LogP contribution in [0.1, 0.15) is 18.9 Å². The molecule has 7 heteroatoms. The molecule has 122 valence electrons. The Balaban J connectivity index is 2.21. The molecular weight excluding hydrogens is 306 g/mol. The minimum atomic E-state index is -3.78. The first-order valence-electron chi connectivity index (χ1n) is 7.27. The molecule has 1 aliphatic heterocycles.